The van der Waals surface area contributed by atoms with Crippen molar-refractivity contribution < 1.29 is 19.2 Å². The van der Waals surface area contributed by atoms with Gasteiger partial charge in [0.2, 0.25) is 0 Å². The van der Waals surface area contributed by atoms with Gasteiger partial charge >= 0.3 is 5.69 Å². The summed E-state index contributed by atoms with van der Waals surface area (Å²) in [5, 5.41) is 16.5. The van der Waals surface area contributed by atoms with Crippen molar-refractivity contribution in [3.05, 3.63) is 117 Å². The van der Waals surface area contributed by atoms with Crippen LogP contribution in [0.3, 0.4) is 0 Å². The molecule has 2 amide bonds. The second-order valence-electron chi connectivity index (χ2n) is 11.4. The summed E-state index contributed by atoms with van der Waals surface area (Å²) in [5.74, 6) is -2.13. The van der Waals surface area contributed by atoms with E-state index in [4.69, 9.17) is 0 Å². The zero-order valence-corrected chi connectivity index (χ0v) is 25.5. The summed E-state index contributed by atoms with van der Waals surface area (Å²) >= 11 is 0. The van der Waals surface area contributed by atoms with Crippen LogP contribution in [0.4, 0.5) is 11.4 Å². The average Bonchev–Trinajstić information content (AvgIpc) is 3.85. The highest BCUT2D eigenvalue weighted by Gasteiger charge is 2.36. The van der Waals surface area contributed by atoms with Crippen molar-refractivity contribution in [2.45, 2.75) is 39.0 Å². The molecule has 0 saturated carbocycles. The fourth-order valence-electron chi connectivity index (χ4n) is 5.92. The van der Waals surface area contributed by atoms with Crippen molar-refractivity contribution in [1.29, 1.82) is 0 Å². The molecule has 2 aliphatic heterocycles. The second-order valence-corrected chi connectivity index (χ2v) is 11.4. The van der Waals surface area contributed by atoms with E-state index in [0.29, 0.717) is 72.9 Å². The predicted molar refractivity (Wildman–Crippen MR) is 169 cm³/mol. The number of ketones is 2. The normalized spacial score (nSPS) is 13.9. The molecule has 2 aliphatic rings. The van der Waals surface area contributed by atoms with Crippen molar-refractivity contribution in [2.75, 3.05) is 22.9 Å². The van der Waals surface area contributed by atoms with Crippen molar-refractivity contribution >= 4 is 34.8 Å². The Balaban J connectivity index is 0.942. The summed E-state index contributed by atoms with van der Waals surface area (Å²) in [6.07, 6.45) is 5.73. The molecule has 0 unspecified atom stereocenters. The molecule has 7 rings (SSSR count). The molecule has 0 aliphatic carbocycles. The van der Waals surface area contributed by atoms with Crippen LogP contribution in [0.15, 0.2) is 82.8 Å². The van der Waals surface area contributed by atoms with Gasteiger partial charge in [0.05, 0.1) is 48.0 Å². The van der Waals surface area contributed by atoms with Crippen LogP contribution in [0, 0.1) is 0 Å². The Hall–Kier alpha value is -6.32. The Morgan fingerprint density at radius 2 is 1.06 bits per heavy atom. The van der Waals surface area contributed by atoms with E-state index in [0.717, 1.165) is 4.57 Å². The van der Waals surface area contributed by atoms with Crippen LogP contribution in [0.1, 0.15) is 44.9 Å². The van der Waals surface area contributed by atoms with Gasteiger partial charge in [-0.2, -0.15) is 0 Å². The molecule has 5 heterocycles. The lowest BCUT2D eigenvalue weighted by molar-refractivity contribution is -0.114. The molecule has 0 bridgehead atoms. The zero-order valence-electron chi connectivity index (χ0n) is 25.5. The first-order chi connectivity index (χ1) is 23.3. The molecule has 0 fully saturated rings. The van der Waals surface area contributed by atoms with E-state index in [2.05, 4.69) is 20.6 Å². The van der Waals surface area contributed by atoms with Crippen molar-refractivity contribution in [2.24, 2.45) is 0 Å². The molecule has 242 valence electrons. The maximum absolute atomic E-state index is 13.3. The number of hydrogen-bond donors (Lipinski definition) is 0. The van der Waals surface area contributed by atoms with Gasteiger partial charge in [0.1, 0.15) is 11.4 Å². The molecular formula is C32H28N10O6. The van der Waals surface area contributed by atoms with E-state index in [1.54, 1.807) is 70.3 Å². The van der Waals surface area contributed by atoms with E-state index in [1.807, 2.05) is 0 Å². The van der Waals surface area contributed by atoms with Crippen molar-refractivity contribution in [1.82, 2.24) is 39.1 Å². The fourth-order valence-corrected chi connectivity index (χ4v) is 5.92. The van der Waals surface area contributed by atoms with Crippen molar-refractivity contribution in [3.8, 4) is 0 Å². The summed E-state index contributed by atoms with van der Waals surface area (Å²) in [5.41, 5.74) is 1.83. The van der Waals surface area contributed by atoms with Gasteiger partial charge in [-0.25, -0.2) is 4.79 Å². The van der Waals surface area contributed by atoms with Gasteiger partial charge in [-0.3, -0.25) is 42.5 Å². The summed E-state index contributed by atoms with van der Waals surface area (Å²) in [6.45, 7) is 1.45. The maximum Gasteiger partial charge on any atom is 0.331 e. The van der Waals surface area contributed by atoms with Gasteiger partial charge < -0.3 is 9.80 Å². The zero-order chi connectivity index (χ0) is 33.4. The Bertz CT molecular complexity index is 2210. The topological polar surface area (TPSA) is 180 Å². The number of anilines is 2. The Morgan fingerprint density at radius 3 is 1.60 bits per heavy atom. The number of carbonyl (C=O) groups is 4. The van der Waals surface area contributed by atoms with E-state index >= 15 is 0 Å². The molecule has 5 aromatic rings. The van der Waals surface area contributed by atoms with Crippen molar-refractivity contribution in [3.63, 3.8) is 0 Å². The number of Topliss-reactive ketones (excluding diaryl/α,β-unsaturated/α-hetero) is 2. The highest BCUT2D eigenvalue weighted by atomic mass is 16.2. The molecule has 0 radical (unpaired) electrons. The van der Waals surface area contributed by atoms with Gasteiger partial charge in [0.25, 0.3) is 28.9 Å². The minimum Gasteiger partial charge on any atom is -0.305 e. The van der Waals surface area contributed by atoms with Gasteiger partial charge in [-0.15, -0.1) is 10.2 Å². The first kappa shape index (κ1) is 30.3. The predicted octanol–water partition coefficient (Wildman–Crippen LogP) is 0.529. The number of fused-ring (bicyclic) bond motifs is 2. The van der Waals surface area contributed by atoms with E-state index < -0.39 is 34.6 Å². The molecular weight excluding hydrogens is 620 g/mol. The molecule has 0 atom stereocenters. The van der Waals surface area contributed by atoms with Crippen LogP contribution in [0.2, 0.25) is 0 Å². The van der Waals surface area contributed by atoms with Crippen LogP contribution < -0.4 is 21.0 Å². The number of hydrogen-bond acceptors (Lipinski definition) is 10. The number of aromatic nitrogens is 8. The lowest BCUT2D eigenvalue weighted by atomic mass is 10.1. The third-order valence-electron chi connectivity index (χ3n) is 8.26. The van der Waals surface area contributed by atoms with Crippen LogP contribution in [-0.2, 0) is 35.8 Å². The average molecular weight is 649 g/mol. The molecule has 3 aromatic heterocycles. The summed E-state index contributed by atoms with van der Waals surface area (Å²) in [4.78, 5) is 78.1. The molecule has 16 nitrogen and oxygen atoms in total. The fraction of sp³-hybridized carbons (Fsp3) is 0.250. The van der Waals surface area contributed by atoms with E-state index in [-0.39, 0.29) is 13.1 Å². The summed E-state index contributed by atoms with van der Waals surface area (Å²) in [7, 11) is 0. The van der Waals surface area contributed by atoms with Gasteiger partial charge in [0.15, 0.2) is 0 Å². The van der Waals surface area contributed by atoms with Crippen LogP contribution in [-0.4, -0.2) is 75.6 Å². The number of nitrogens with zero attached hydrogens (tertiary/aromatic N) is 10. The minimum atomic E-state index is -0.557. The molecule has 0 spiro atoms. The number of benzene rings is 2. The number of amides is 2. The monoisotopic (exact) mass is 648 g/mol. The number of para-hydroxylation sites is 2. The van der Waals surface area contributed by atoms with Gasteiger partial charge in [-0.05, 0) is 37.1 Å². The second kappa shape index (κ2) is 12.5. The highest BCUT2D eigenvalue weighted by Crippen LogP contribution is 2.29. The highest BCUT2D eigenvalue weighted by molar-refractivity contribution is 6.52. The molecule has 2 aromatic carbocycles. The molecule has 0 saturated heterocycles. The lowest BCUT2D eigenvalue weighted by Crippen LogP contribution is -2.39. The lowest BCUT2D eigenvalue weighted by Gasteiger charge is -2.16. The largest absolute Gasteiger partial charge is 0.331 e. The Morgan fingerprint density at radius 1 is 0.562 bits per heavy atom. The Labute approximate surface area is 271 Å². The molecule has 16 heteroatoms. The SMILES string of the molecule is O=C1C(=O)N(CCCn2cc(Cn3ccc(=O)n(Cc4cn(CCCN5C(=O)C(=O)c6ccccc65)nn4)c3=O)nn2)c2ccccc21. The summed E-state index contributed by atoms with van der Waals surface area (Å²) in [6, 6.07) is 15.0. The number of aryl methyl sites for hydroxylation is 2. The van der Waals surface area contributed by atoms with E-state index in [9.17, 15) is 28.8 Å². The third kappa shape index (κ3) is 5.63. The van der Waals surface area contributed by atoms with Crippen LogP contribution >= 0.6 is 0 Å². The number of carbonyl (C=O) groups excluding carboxylic acids is 4. The van der Waals surface area contributed by atoms with Crippen LogP contribution in [0.25, 0.3) is 0 Å². The molecule has 0 N–H and O–H groups in total. The first-order valence-corrected chi connectivity index (χ1v) is 15.3. The van der Waals surface area contributed by atoms with Crippen LogP contribution in [0.5, 0.6) is 0 Å². The minimum absolute atomic E-state index is 0.0686. The van der Waals surface area contributed by atoms with Gasteiger partial charge in [-0.1, -0.05) is 34.7 Å². The van der Waals surface area contributed by atoms with Gasteiger partial charge in [0, 0.05) is 38.4 Å². The standard InChI is InChI=1S/C32H28N10O6/c43-27-11-16-37(17-21-18-38(35-33-21)12-5-14-40-25-9-3-1-7-23(25)28(44)30(40)46)32(48)42(27)20-22-19-39(36-34-22)13-6-15-41-26-10-4-2-8-24(26)29(45)31(41)47/h1-4,7-11,16,18-19H,5-6,12-15,17,20H2. The third-order valence-corrected chi connectivity index (χ3v) is 8.26. The molecule has 48 heavy (non-hydrogen) atoms. The smallest absolute Gasteiger partial charge is 0.305 e. The first-order valence-electron chi connectivity index (χ1n) is 15.3. The summed E-state index contributed by atoms with van der Waals surface area (Å²) < 4.78 is 5.55. The van der Waals surface area contributed by atoms with E-state index in [1.165, 1.54) is 26.6 Å². The quantitative estimate of drug-likeness (QED) is 0.173. The maximum atomic E-state index is 13.3. The number of rotatable bonds is 12. The Kier molecular flexibility index (Phi) is 7.88.